The number of nitrogens with zero attached hydrogens (tertiary/aromatic N) is 3. The topological polar surface area (TPSA) is 124 Å². The second kappa shape index (κ2) is 9.35. The van der Waals surface area contributed by atoms with Crippen LogP contribution in [0.25, 0.3) is 10.9 Å². The standard InChI is InChI=1S/C28H29N5O5S/c1-16-4-7-20(8-5-16)39(36,37)32-11-10-19-12-18(6-9-24(19)32)17(2)33-25(13-23(31-33)27(34)29-3)28(35)30-26-21-14-38-15-22(21)26/h4-13,17,21-22,26H,14-15H2,1-3H3,(H,29,34)(H,30,35)/t17?,21-,22+,26?. The molecule has 6 rings (SSSR count). The summed E-state index contributed by atoms with van der Waals surface area (Å²) in [5, 5.41) is 10.8. The van der Waals surface area contributed by atoms with Crippen molar-refractivity contribution in [1.29, 1.82) is 0 Å². The third-order valence-corrected chi connectivity index (χ3v) is 9.49. The highest BCUT2D eigenvalue weighted by Gasteiger charge is 2.55. The fourth-order valence-electron chi connectivity index (χ4n) is 5.35. The van der Waals surface area contributed by atoms with E-state index in [1.165, 1.54) is 17.1 Å². The molecule has 39 heavy (non-hydrogen) atoms. The maximum absolute atomic E-state index is 13.3. The molecule has 3 heterocycles. The predicted molar refractivity (Wildman–Crippen MR) is 144 cm³/mol. The van der Waals surface area contributed by atoms with Crippen LogP contribution in [0.5, 0.6) is 0 Å². The van der Waals surface area contributed by atoms with Crippen molar-refractivity contribution in [1.82, 2.24) is 24.4 Å². The number of benzene rings is 2. The summed E-state index contributed by atoms with van der Waals surface area (Å²) >= 11 is 0. The van der Waals surface area contributed by atoms with Crippen molar-refractivity contribution < 1.29 is 22.7 Å². The molecule has 2 fully saturated rings. The van der Waals surface area contributed by atoms with Gasteiger partial charge in [-0.25, -0.2) is 12.4 Å². The minimum Gasteiger partial charge on any atom is -0.381 e. The molecular weight excluding hydrogens is 518 g/mol. The van der Waals surface area contributed by atoms with E-state index in [9.17, 15) is 18.0 Å². The first-order chi connectivity index (χ1) is 18.7. The monoisotopic (exact) mass is 547 g/mol. The van der Waals surface area contributed by atoms with Crippen molar-refractivity contribution in [2.75, 3.05) is 20.3 Å². The molecule has 2 unspecified atom stereocenters. The van der Waals surface area contributed by atoms with Crippen LogP contribution in [-0.4, -0.2) is 60.3 Å². The van der Waals surface area contributed by atoms with Gasteiger partial charge < -0.3 is 15.4 Å². The van der Waals surface area contributed by atoms with E-state index in [2.05, 4.69) is 15.7 Å². The zero-order valence-corrected chi connectivity index (χ0v) is 22.6. The van der Waals surface area contributed by atoms with Crippen LogP contribution in [0.4, 0.5) is 0 Å². The Hall–Kier alpha value is -3.96. The Labute approximate surface area is 226 Å². The number of rotatable bonds is 7. The van der Waals surface area contributed by atoms with Crippen molar-refractivity contribution in [3.8, 4) is 0 Å². The fourth-order valence-corrected chi connectivity index (χ4v) is 6.70. The minimum atomic E-state index is -3.77. The zero-order chi connectivity index (χ0) is 27.5. The van der Waals surface area contributed by atoms with Crippen molar-refractivity contribution in [3.63, 3.8) is 0 Å². The predicted octanol–water partition coefficient (Wildman–Crippen LogP) is 2.73. The first-order valence-corrected chi connectivity index (χ1v) is 14.3. The van der Waals surface area contributed by atoms with E-state index < -0.39 is 16.1 Å². The lowest BCUT2D eigenvalue weighted by atomic mass is 10.1. The third kappa shape index (κ3) is 4.31. The highest BCUT2D eigenvalue weighted by Crippen LogP contribution is 2.44. The van der Waals surface area contributed by atoms with Crippen molar-refractivity contribution in [2.24, 2.45) is 11.8 Å². The van der Waals surface area contributed by atoms with Gasteiger partial charge in [-0.1, -0.05) is 23.8 Å². The number of ether oxygens (including phenoxy) is 1. The van der Waals surface area contributed by atoms with Gasteiger partial charge in [-0.3, -0.25) is 14.3 Å². The van der Waals surface area contributed by atoms with Crippen LogP contribution in [-0.2, 0) is 14.8 Å². The van der Waals surface area contributed by atoms with Gasteiger partial charge in [0.1, 0.15) is 5.69 Å². The number of hydrogen-bond donors (Lipinski definition) is 2. The maximum atomic E-state index is 13.3. The lowest BCUT2D eigenvalue weighted by molar-refractivity contribution is 0.0915. The molecule has 2 aromatic carbocycles. The molecule has 1 saturated carbocycles. The van der Waals surface area contributed by atoms with E-state index in [1.807, 2.05) is 26.0 Å². The van der Waals surface area contributed by atoms with E-state index in [4.69, 9.17) is 4.74 Å². The fraction of sp³-hybridized carbons (Fsp3) is 0.321. The quantitative estimate of drug-likeness (QED) is 0.367. The van der Waals surface area contributed by atoms with Gasteiger partial charge >= 0.3 is 0 Å². The summed E-state index contributed by atoms with van der Waals surface area (Å²) in [6.07, 6.45) is 1.54. The van der Waals surface area contributed by atoms with E-state index in [0.29, 0.717) is 30.6 Å². The van der Waals surface area contributed by atoms with E-state index in [1.54, 1.807) is 47.3 Å². The molecule has 1 saturated heterocycles. The van der Waals surface area contributed by atoms with Gasteiger partial charge in [-0.15, -0.1) is 0 Å². The SMILES string of the molecule is CNC(=O)c1cc(C(=O)NC2[C@H]3COC[C@@H]23)n(C(C)c2ccc3c(ccn3S(=O)(=O)c3ccc(C)cc3)c2)n1. The van der Waals surface area contributed by atoms with Gasteiger partial charge in [-0.05, 0) is 49.7 Å². The van der Waals surface area contributed by atoms with Gasteiger partial charge in [0.25, 0.3) is 21.8 Å². The lowest BCUT2D eigenvalue weighted by Crippen LogP contribution is -2.32. The third-order valence-electron chi connectivity index (χ3n) is 7.78. The molecule has 2 aromatic heterocycles. The molecule has 1 aliphatic heterocycles. The highest BCUT2D eigenvalue weighted by atomic mass is 32.2. The van der Waals surface area contributed by atoms with Gasteiger partial charge in [0.2, 0.25) is 0 Å². The van der Waals surface area contributed by atoms with Crippen LogP contribution >= 0.6 is 0 Å². The van der Waals surface area contributed by atoms with Crippen LogP contribution in [0.15, 0.2) is 65.7 Å². The lowest BCUT2D eigenvalue weighted by Gasteiger charge is -2.17. The summed E-state index contributed by atoms with van der Waals surface area (Å²) in [4.78, 5) is 25.9. The Morgan fingerprint density at radius 3 is 2.44 bits per heavy atom. The Bertz CT molecular complexity index is 1700. The molecule has 4 atom stereocenters. The molecule has 11 heteroatoms. The Morgan fingerprint density at radius 2 is 1.74 bits per heavy atom. The number of carbonyl (C=O) groups excluding carboxylic acids is 2. The van der Waals surface area contributed by atoms with Crippen LogP contribution in [0.2, 0.25) is 0 Å². The van der Waals surface area contributed by atoms with Gasteiger partial charge in [0.15, 0.2) is 5.69 Å². The second-order valence-corrected chi connectivity index (χ2v) is 12.0. The number of hydrogen-bond acceptors (Lipinski definition) is 6. The normalized spacial score (nSPS) is 20.9. The Morgan fingerprint density at radius 1 is 1.03 bits per heavy atom. The average Bonchev–Trinajstić information content (AvgIpc) is 3.42. The molecule has 4 aromatic rings. The van der Waals surface area contributed by atoms with Gasteiger partial charge in [0, 0.05) is 42.6 Å². The number of fused-ring (bicyclic) bond motifs is 2. The summed E-state index contributed by atoms with van der Waals surface area (Å²) in [5.41, 5.74) is 2.76. The van der Waals surface area contributed by atoms with E-state index >= 15 is 0 Å². The molecule has 2 aliphatic rings. The summed E-state index contributed by atoms with van der Waals surface area (Å²) in [6, 6.07) is 15.1. The number of nitrogens with one attached hydrogen (secondary N) is 2. The van der Waals surface area contributed by atoms with Gasteiger partial charge in [-0.2, -0.15) is 5.10 Å². The van der Waals surface area contributed by atoms with Crippen LogP contribution < -0.4 is 10.6 Å². The van der Waals surface area contributed by atoms with Crippen LogP contribution in [0.1, 0.15) is 45.1 Å². The Kier molecular flexibility index (Phi) is 6.07. The van der Waals surface area contributed by atoms with Gasteiger partial charge in [0.05, 0.1) is 29.7 Å². The largest absolute Gasteiger partial charge is 0.381 e. The number of aryl methyl sites for hydroxylation is 1. The number of aromatic nitrogens is 3. The molecule has 1 aliphatic carbocycles. The summed E-state index contributed by atoms with van der Waals surface area (Å²) in [6.45, 7) is 5.09. The molecule has 10 nitrogen and oxygen atoms in total. The zero-order valence-electron chi connectivity index (χ0n) is 21.8. The van der Waals surface area contributed by atoms with Crippen LogP contribution in [0, 0.1) is 18.8 Å². The summed E-state index contributed by atoms with van der Waals surface area (Å²) < 4.78 is 34.8. The molecule has 2 N–H and O–H groups in total. The number of amides is 2. The van der Waals surface area contributed by atoms with Crippen molar-refractivity contribution in [2.45, 2.75) is 30.8 Å². The van der Waals surface area contributed by atoms with E-state index in [0.717, 1.165) is 16.5 Å². The molecule has 0 radical (unpaired) electrons. The highest BCUT2D eigenvalue weighted by molar-refractivity contribution is 7.90. The molecule has 0 spiro atoms. The maximum Gasteiger partial charge on any atom is 0.271 e. The summed E-state index contributed by atoms with van der Waals surface area (Å²) in [7, 11) is -2.26. The first-order valence-electron chi connectivity index (χ1n) is 12.8. The molecular formula is C28H29N5O5S. The molecule has 202 valence electrons. The van der Waals surface area contributed by atoms with Crippen molar-refractivity contribution >= 4 is 32.7 Å². The molecule has 2 amide bonds. The minimum absolute atomic E-state index is 0.0694. The second-order valence-electron chi connectivity index (χ2n) is 10.2. The van der Waals surface area contributed by atoms with E-state index in [-0.39, 0.29) is 34.1 Å². The smallest absolute Gasteiger partial charge is 0.271 e. The van der Waals surface area contributed by atoms with Crippen molar-refractivity contribution in [3.05, 3.63) is 83.3 Å². The number of carbonyl (C=O) groups is 2. The first kappa shape index (κ1) is 25.3. The molecule has 0 bridgehead atoms. The average molecular weight is 548 g/mol. The van der Waals surface area contributed by atoms with Crippen LogP contribution in [0.3, 0.4) is 0 Å². The summed E-state index contributed by atoms with van der Waals surface area (Å²) in [5.74, 6) is -0.00608. The Balaban J connectivity index is 1.32.